The fraction of sp³-hybridized carbons (Fsp3) is 0.158. The lowest BCUT2D eigenvalue weighted by molar-refractivity contribution is 0.249. The molecule has 0 radical (unpaired) electrons. The van der Waals surface area contributed by atoms with Gasteiger partial charge in [0, 0.05) is 23.8 Å². The Morgan fingerprint density at radius 2 is 1.79 bits per heavy atom. The third-order valence-electron chi connectivity index (χ3n) is 3.85. The third-order valence-corrected chi connectivity index (χ3v) is 3.85. The fourth-order valence-corrected chi connectivity index (χ4v) is 2.43. The maximum atomic E-state index is 12.1. The second-order valence-electron chi connectivity index (χ2n) is 5.75. The zero-order chi connectivity index (χ0) is 16.9. The molecular formula is C19H20N4O. The van der Waals surface area contributed by atoms with Crippen LogP contribution in [0.2, 0.25) is 0 Å². The molecule has 5 heteroatoms. The highest BCUT2D eigenvalue weighted by atomic mass is 16.2. The van der Waals surface area contributed by atoms with Gasteiger partial charge in [0.15, 0.2) is 0 Å². The lowest BCUT2D eigenvalue weighted by atomic mass is 10.1. The number of nitrogens with one attached hydrogen (secondary N) is 2. The SMILES string of the molecule is Cc1ccc(NC(=O)NC(C)c2ccc(-n3ccnc3)cc2)cc1. The van der Waals surface area contributed by atoms with E-state index in [1.165, 1.54) is 0 Å². The van der Waals surface area contributed by atoms with Crippen LogP contribution in [0.3, 0.4) is 0 Å². The summed E-state index contributed by atoms with van der Waals surface area (Å²) in [6.45, 7) is 3.97. The van der Waals surface area contributed by atoms with E-state index in [4.69, 9.17) is 0 Å². The standard InChI is InChI=1S/C19H20N4O/c1-14-3-7-17(8-4-14)22-19(24)21-15(2)16-5-9-18(10-6-16)23-12-11-20-13-23/h3-13,15H,1-2H3,(H2,21,22,24). The lowest BCUT2D eigenvalue weighted by Crippen LogP contribution is -2.31. The van der Waals surface area contributed by atoms with Crippen molar-refractivity contribution in [2.24, 2.45) is 0 Å². The van der Waals surface area contributed by atoms with Gasteiger partial charge >= 0.3 is 6.03 Å². The van der Waals surface area contributed by atoms with E-state index >= 15 is 0 Å². The Morgan fingerprint density at radius 3 is 2.42 bits per heavy atom. The summed E-state index contributed by atoms with van der Waals surface area (Å²) >= 11 is 0. The molecule has 0 saturated carbocycles. The monoisotopic (exact) mass is 320 g/mol. The van der Waals surface area contributed by atoms with Crippen LogP contribution in [0.4, 0.5) is 10.5 Å². The molecule has 3 aromatic rings. The predicted molar refractivity (Wildman–Crippen MR) is 95.3 cm³/mol. The molecule has 0 aliphatic heterocycles. The molecule has 2 aromatic carbocycles. The lowest BCUT2D eigenvalue weighted by Gasteiger charge is -2.16. The minimum absolute atomic E-state index is 0.0905. The van der Waals surface area contributed by atoms with E-state index in [2.05, 4.69) is 15.6 Å². The minimum atomic E-state index is -0.218. The molecule has 1 atom stereocenters. The van der Waals surface area contributed by atoms with Crippen molar-refractivity contribution in [3.05, 3.63) is 78.4 Å². The van der Waals surface area contributed by atoms with E-state index in [9.17, 15) is 4.79 Å². The van der Waals surface area contributed by atoms with Crippen LogP contribution < -0.4 is 10.6 Å². The van der Waals surface area contributed by atoms with Crippen LogP contribution in [0.5, 0.6) is 0 Å². The van der Waals surface area contributed by atoms with Gasteiger partial charge in [-0.25, -0.2) is 9.78 Å². The van der Waals surface area contributed by atoms with Crippen molar-refractivity contribution in [1.82, 2.24) is 14.9 Å². The Balaban J connectivity index is 1.60. The maximum absolute atomic E-state index is 12.1. The molecule has 1 aromatic heterocycles. The Kier molecular flexibility index (Phi) is 4.61. The molecule has 24 heavy (non-hydrogen) atoms. The Bertz CT molecular complexity index is 792. The molecule has 0 bridgehead atoms. The molecule has 0 saturated heterocycles. The highest BCUT2D eigenvalue weighted by Crippen LogP contribution is 2.16. The minimum Gasteiger partial charge on any atom is -0.331 e. The molecule has 0 aliphatic carbocycles. The number of urea groups is 1. The zero-order valence-corrected chi connectivity index (χ0v) is 13.7. The summed E-state index contributed by atoms with van der Waals surface area (Å²) in [5, 5.41) is 5.79. The molecule has 1 heterocycles. The number of amides is 2. The van der Waals surface area contributed by atoms with Gasteiger partial charge < -0.3 is 15.2 Å². The summed E-state index contributed by atoms with van der Waals surface area (Å²) in [6, 6.07) is 15.4. The van der Waals surface area contributed by atoms with Gasteiger partial charge in [-0.05, 0) is 43.7 Å². The quantitative estimate of drug-likeness (QED) is 0.761. The van der Waals surface area contributed by atoms with Gasteiger partial charge in [-0.2, -0.15) is 0 Å². The van der Waals surface area contributed by atoms with E-state index in [0.29, 0.717) is 0 Å². The van der Waals surface area contributed by atoms with Crippen molar-refractivity contribution in [2.75, 3.05) is 5.32 Å². The second kappa shape index (κ2) is 7.00. The molecule has 2 N–H and O–H groups in total. The van der Waals surface area contributed by atoms with Gasteiger partial charge in [0.05, 0.1) is 12.4 Å². The van der Waals surface area contributed by atoms with E-state index in [0.717, 1.165) is 22.5 Å². The number of anilines is 1. The number of imidazole rings is 1. The predicted octanol–water partition coefficient (Wildman–Crippen LogP) is 4.06. The number of benzene rings is 2. The summed E-state index contributed by atoms with van der Waals surface area (Å²) in [4.78, 5) is 16.1. The molecule has 0 spiro atoms. The van der Waals surface area contributed by atoms with E-state index in [-0.39, 0.29) is 12.1 Å². The molecule has 1 unspecified atom stereocenters. The third kappa shape index (κ3) is 3.81. The van der Waals surface area contributed by atoms with E-state index in [1.807, 2.05) is 73.1 Å². The second-order valence-corrected chi connectivity index (χ2v) is 5.75. The van der Waals surface area contributed by atoms with Crippen LogP contribution in [-0.2, 0) is 0 Å². The van der Waals surface area contributed by atoms with Crippen molar-refractivity contribution in [2.45, 2.75) is 19.9 Å². The number of aromatic nitrogens is 2. The molecule has 2 amide bonds. The maximum Gasteiger partial charge on any atom is 0.319 e. The fourth-order valence-electron chi connectivity index (χ4n) is 2.43. The van der Waals surface area contributed by atoms with Crippen LogP contribution in [0.1, 0.15) is 24.1 Å². The van der Waals surface area contributed by atoms with Gasteiger partial charge in [0.25, 0.3) is 0 Å². The van der Waals surface area contributed by atoms with Crippen molar-refractivity contribution >= 4 is 11.7 Å². The number of nitrogens with zero attached hydrogens (tertiary/aromatic N) is 2. The molecule has 3 rings (SSSR count). The first-order chi connectivity index (χ1) is 11.6. The topological polar surface area (TPSA) is 59.0 Å². The Morgan fingerprint density at radius 1 is 1.08 bits per heavy atom. The normalized spacial score (nSPS) is 11.8. The van der Waals surface area contributed by atoms with Crippen molar-refractivity contribution < 1.29 is 4.79 Å². The summed E-state index contributed by atoms with van der Waals surface area (Å²) in [5.41, 5.74) is 4.01. The molecule has 5 nitrogen and oxygen atoms in total. The smallest absolute Gasteiger partial charge is 0.319 e. The van der Waals surface area contributed by atoms with Crippen molar-refractivity contribution in [1.29, 1.82) is 0 Å². The first kappa shape index (κ1) is 15.8. The highest BCUT2D eigenvalue weighted by Gasteiger charge is 2.09. The van der Waals surface area contributed by atoms with Gasteiger partial charge in [-0.15, -0.1) is 0 Å². The van der Waals surface area contributed by atoms with Gasteiger partial charge in [-0.3, -0.25) is 0 Å². The summed E-state index contributed by atoms with van der Waals surface area (Å²) in [6.07, 6.45) is 5.39. The molecule has 122 valence electrons. The number of carbonyl (C=O) groups is 1. The van der Waals surface area contributed by atoms with Crippen LogP contribution in [-0.4, -0.2) is 15.6 Å². The van der Waals surface area contributed by atoms with Gasteiger partial charge in [0.1, 0.15) is 0 Å². The highest BCUT2D eigenvalue weighted by molar-refractivity contribution is 5.89. The Labute approximate surface area is 141 Å². The first-order valence-electron chi connectivity index (χ1n) is 7.84. The summed E-state index contributed by atoms with van der Waals surface area (Å²) in [7, 11) is 0. The number of aryl methyl sites for hydroxylation is 1. The summed E-state index contributed by atoms with van der Waals surface area (Å²) < 4.78 is 1.94. The number of carbonyl (C=O) groups excluding carboxylic acids is 1. The average molecular weight is 320 g/mol. The van der Waals surface area contributed by atoms with E-state index < -0.39 is 0 Å². The molecule has 0 fully saturated rings. The van der Waals surface area contributed by atoms with Crippen molar-refractivity contribution in [3.8, 4) is 5.69 Å². The summed E-state index contributed by atoms with van der Waals surface area (Å²) in [5.74, 6) is 0. The van der Waals surface area contributed by atoms with Crippen LogP contribution in [0.25, 0.3) is 5.69 Å². The van der Waals surface area contributed by atoms with Crippen LogP contribution in [0.15, 0.2) is 67.3 Å². The Hall–Kier alpha value is -3.08. The first-order valence-corrected chi connectivity index (χ1v) is 7.84. The van der Waals surface area contributed by atoms with Crippen LogP contribution in [0, 0.1) is 6.92 Å². The average Bonchev–Trinajstić information content (AvgIpc) is 3.11. The zero-order valence-electron chi connectivity index (χ0n) is 13.7. The number of hydrogen-bond acceptors (Lipinski definition) is 2. The van der Waals surface area contributed by atoms with Gasteiger partial charge in [0.2, 0.25) is 0 Å². The number of rotatable bonds is 4. The molecule has 0 aliphatic rings. The van der Waals surface area contributed by atoms with Crippen molar-refractivity contribution in [3.63, 3.8) is 0 Å². The molecular weight excluding hydrogens is 300 g/mol. The largest absolute Gasteiger partial charge is 0.331 e. The number of hydrogen-bond donors (Lipinski definition) is 2. The van der Waals surface area contributed by atoms with E-state index in [1.54, 1.807) is 12.5 Å². The van der Waals surface area contributed by atoms with Gasteiger partial charge in [-0.1, -0.05) is 29.8 Å². The van der Waals surface area contributed by atoms with Crippen LogP contribution >= 0.6 is 0 Å².